The minimum absolute atomic E-state index is 0.0934. The van der Waals surface area contributed by atoms with Gasteiger partial charge in [0.25, 0.3) is 0 Å². The molecule has 0 aliphatic heterocycles. The number of hydrogen-bond acceptors (Lipinski definition) is 3. The molecule has 0 amide bonds. The summed E-state index contributed by atoms with van der Waals surface area (Å²) in [4.78, 5) is 15.1. The van der Waals surface area contributed by atoms with Crippen molar-refractivity contribution in [1.82, 2.24) is 9.55 Å². The van der Waals surface area contributed by atoms with Crippen LogP contribution in [0.4, 0.5) is 0 Å². The minimum Gasteiger partial charge on any atom is -0.459 e. The number of aromatic nitrogens is 2. The molecule has 0 atom stereocenters. The number of ether oxygens (including phenoxy) is 1. The van der Waals surface area contributed by atoms with Gasteiger partial charge in [-0.15, -0.1) is 0 Å². The maximum atomic E-state index is 11.3. The molecule has 0 radical (unpaired) electrons. The van der Waals surface area contributed by atoms with Crippen LogP contribution >= 0.6 is 11.6 Å². The molecule has 0 aliphatic carbocycles. The molecule has 0 unspecified atom stereocenters. The van der Waals surface area contributed by atoms with Crippen molar-refractivity contribution in [3.63, 3.8) is 0 Å². The van der Waals surface area contributed by atoms with Crippen LogP contribution in [-0.2, 0) is 16.1 Å². The number of hydrogen-bond donors (Lipinski definition) is 0. The lowest BCUT2D eigenvalue weighted by atomic mass is 10.2. The molecule has 1 aromatic heterocycles. The highest BCUT2D eigenvalue weighted by Crippen LogP contribution is 2.09. The van der Waals surface area contributed by atoms with Crippen LogP contribution in [0.15, 0.2) is 12.4 Å². The van der Waals surface area contributed by atoms with Gasteiger partial charge in [-0.25, -0.2) is 4.98 Å². The molecule has 1 heterocycles. The first-order valence-corrected chi connectivity index (χ1v) is 4.65. The van der Waals surface area contributed by atoms with E-state index in [1.807, 2.05) is 20.8 Å². The monoisotopic (exact) mass is 216 g/mol. The lowest BCUT2D eigenvalue weighted by Gasteiger charge is -2.19. The van der Waals surface area contributed by atoms with Gasteiger partial charge in [0.15, 0.2) is 0 Å². The van der Waals surface area contributed by atoms with E-state index in [9.17, 15) is 4.79 Å². The minimum atomic E-state index is -0.468. The molecule has 0 aliphatic rings. The fourth-order valence-corrected chi connectivity index (χ4v) is 1.11. The first-order valence-electron chi connectivity index (χ1n) is 4.27. The van der Waals surface area contributed by atoms with Crippen molar-refractivity contribution >= 4 is 17.6 Å². The molecule has 4 nitrogen and oxygen atoms in total. The third kappa shape index (κ3) is 3.38. The third-order valence-corrected chi connectivity index (χ3v) is 1.70. The Morgan fingerprint density at radius 2 is 2.29 bits per heavy atom. The van der Waals surface area contributed by atoms with Crippen LogP contribution in [0.2, 0.25) is 5.28 Å². The van der Waals surface area contributed by atoms with Gasteiger partial charge < -0.3 is 9.30 Å². The quantitative estimate of drug-likeness (QED) is 0.709. The Morgan fingerprint density at radius 1 is 1.64 bits per heavy atom. The number of carbonyl (C=O) groups is 1. The van der Waals surface area contributed by atoms with Crippen molar-refractivity contribution in [1.29, 1.82) is 0 Å². The van der Waals surface area contributed by atoms with Gasteiger partial charge in [0.1, 0.15) is 12.1 Å². The van der Waals surface area contributed by atoms with E-state index in [1.54, 1.807) is 6.20 Å². The first-order chi connectivity index (χ1) is 6.38. The lowest BCUT2D eigenvalue weighted by molar-refractivity contribution is -0.155. The standard InChI is InChI=1S/C9H13ClN2O2/c1-9(2,3)14-7(13)6-12-5-4-11-8(12)10/h4-5H,6H2,1-3H3. The molecule has 0 fully saturated rings. The fourth-order valence-electron chi connectivity index (χ4n) is 0.942. The number of rotatable bonds is 2. The highest BCUT2D eigenvalue weighted by molar-refractivity contribution is 6.28. The summed E-state index contributed by atoms with van der Waals surface area (Å²) in [5.74, 6) is -0.322. The topological polar surface area (TPSA) is 44.1 Å². The number of carbonyl (C=O) groups excluding carboxylic acids is 1. The second-order valence-electron chi connectivity index (χ2n) is 3.91. The van der Waals surface area contributed by atoms with Crippen molar-refractivity contribution in [2.45, 2.75) is 32.9 Å². The van der Waals surface area contributed by atoms with Crippen molar-refractivity contribution in [2.24, 2.45) is 0 Å². The van der Waals surface area contributed by atoms with E-state index in [0.29, 0.717) is 0 Å². The van der Waals surface area contributed by atoms with E-state index in [2.05, 4.69) is 4.98 Å². The largest absolute Gasteiger partial charge is 0.459 e. The van der Waals surface area contributed by atoms with E-state index < -0.39 is 5.60 Å². The predicted molar refractivity (Wildman–Crippen MR) is 53.1 cm³/mol. The van der Waals surface area contributed by atoms with Crippen LogP contribution in [-0.4, -0.2) is 21.1 Å². The van der Waals surface area contributed by atoms with Crippen molar-refractivity contribution in [3.05, 3.63) is 17.7 Å². The summed E-state index contributed by atoms with van der Waals surface area (Å²) in [6.45, 7) is 5.55. The Labute approximate surface area is 87.8 Å². The fraction of sp³-hybridized carbons (Fsp3) is 0.556. The van der Waals surface area contributed by atoms with Crippen molar-refractivity contribution in [3.8, 4) is 0 Å². The Balaban J connectivity index is 2.54. The smallest absolute Gasteiger partial charge is 0.326 e. The van der Waals surface area contributed by atoms with Gasteiger partial charge in [0.05, 0.1) is 0 Å². The summed E-state index contributed by atoms with van der Waals surface area (Å²) < 4.78 is 6.64. The van der Waals surface area contributed by atoms with Gasteiger partial charge in [0.2, 0.25) is 5.28 Å². The molecule has 1 aromatic rings. The zero-order valence-electron chi connectivity index (χ0n) is 8.45. The SMILES string of the molecule is CC(C)(C)OC(=O)Cn1ccnc1Cl. The van der Waals surface area contributed by atoms with Crippen LogP contribution in [0.3, 0.4) is 0 Å². The van der Waals surface area contributed by atoms with E-state index in [-0.39, 0.29) is 17.8 Å². The molecule has 5 heteroatoms. The molecule has 0 aromatic carbocycles. The molecular formula is C9H13ClN2O2. The summed E-state index contributed by atoms with van der Waals surface area (Å²) >= 11 is 5.70. The Morgan fingerprint density at radius 3 is 2.71 bits per heavy atom. The van der Waals surface area contributed by atoms with E-state index >= 15 is 0 Å². The summed E-state index contributed by atoms with van der Waals surface area (Å²) in [5.41, 5.74) is -0.468. The number of esters is 1. The second-order valence-corrected chi connectivity index (χ2v) is 4.25. The highest BCUT2D eigenvalue weighted by Gasteiger charge is 2.16. The second kappa shape index (κ2) is 4.00. The lowest BCUT2D eigenvalue weighted by Crippen LogP contribution is -2.26. The number of halogens is 1. The van der Waals surface area contributed by atoms with E-state index in [4.69, 9.17) is 16.3 Å². The summed E-state index contributed by atoms with van der Waals surface area (Å²) in [6.07, 6.45) is 3.17. The van der Waals surface area contributed by atoms with E-state index in [1.165, 1.54) is 10.8 Å². The summed E-state index contributed by atoms with van der Waals surface area (Å²) in [6, 6.07) is 0. The van der Waals surface area contributed by atoms with Gasteiger partial charge in [-0.3, -0.25) is 4.79 Å². The molecule has 0 N–H and O–H groups in total. The average Bonchev–Trinajstić information content (AvgIpc) is 2.32. The van der Waals surface area contributed by atoms with Gasteiger partial charge in [-0.2, -0.15) is 0 Å². The Hall–Kier alpha value is -1.03. The van der Waals surface area contributed by atoms with Crippen LogP contribution in [0.25, 0.3) is 0 Å². The van der Waals surface area contributed by atoms with Gasteiger partial charge in [-0.05, 0) is 32.4 Å². The molecule has 1 rings (SSSR count). The van der Waals surface area contributed by atoms with Gasteiger partial charge in [-0.1, -0.05) is 0 Å². The van der Waals surface area contributed by atoms with Crippen LogP contribution in [0, 0.1) is 0 Å². The number of imidazole rings is 1. The molecular weight excluding hydrogens is 204 g/mol. The molecule has 0 spiro atoms. The molecule has 14 heavy (non-hydrogen) atoms. The number of nitrogens with zero attached hydrogens (tertiary/aromatic N) is 2. The maximum absolute atomic E-state index is 11.3. The Kier molecular flexibility index (Phi) is 3.16. The van der Waals surface area contributed by atoms with Crippen LogP contribution < -0.4 is 0 Å². The predicted octanol–water partition coefficient (Wildman–Crippen LogP) is 1.88. The van der Waals surface area contributed by atoms with Crippen LogP contribution in [0.1, 0.15) is 20.8 Å². The normalized spacial score (nSPS) is 11.4. The Bertz CT molecular complexity index is 328. The molecule has 0 bridgehead atoms. The summed E-state index contributed by atoms with van der Waals surface area (Å²) in [5, 5.41) is 0.288. The summed E-state index contributed by atoms with van der Waals surface area (Å²) in [7, 11) is 0. The van der Waals surface area contributed by atoms with Crippen LogP contribution in [0.5, 0.6) is 0 Å². The highest BCUT2D eigenvalue weighted by atomic mass is 35.5. The zero-order valence-corrected chi connectivity index (χ0v) is 9.21. The van der Waals surface area contributed by atoms with Gasteiger partial charge in [0, 0.05) is 12.4 Å². The molecule has 0 saturated heterocycles. The molecule has 0 saturated carbocycles. The zero-order chi connectivity index (χ0) is 10.8. The first kappa shape index (κ1) is 11.0. The molecule has 78 valence electrons. The third-order valence-electron chi connectivity index (χ3n) is 1.38. The average molecular weight is 217 g/mol. The van der Waals surface area contributed by atoms with Crippen molar-refractivity contribution in [2.75, 3.05) is 0 Å². The van der Waals surface area contributed by atoms with Gasteiger partial charge >= 0.3 is 5.97 Å². The maximum Gasteiger partial charge on any atom is 0.326 e. The van der Waals surface area contributed by atoms with Crippen molar-refractivity contribution < 1.29 is 9.53 Å². The van der Waals surface area contributed by atoms with E-state index in [0.717, 1.165) is 0 Å².